The number of benzene rings is 2. The lowest BCUT2D eigenvalue weighted by Crippen LogP contribution is -2.48. The van der Waals surface area contributed by atoms with Crippen LogP contribution in [0.1, 0.15) is 114 Å². The van der Waals surface area contributed by atoms with Gasteiger partial charge in [0, 0.05) is 105 Å². The van der Waals surface area contributed by atoms with Gasteiger partial charge in [-0.2, -0.15) is 8.42 Å². The fraction of sp³-hybridized carbons (Fsp3) is 0.492. The maximum absolute atomic E-state index is 13.8. The van der Waals surface area contributed by atoms with Crippen LogP contribution in [0.3, 0.4) is 0 Å². The van der Waals surface area contributed by atoms with E-state index >= 15 is 0 Å². The average molecular weight is 1190 g/mol. The third kappa shape index (κ3) is 13.4. The van der Waals surface area contributed by atoms with E-state index in [-0.39, 0.29) is 55.6 Å². The Morgan fingerprint density at radius 3 is 1.53 bits per heavy atom. The van der Waals surface area contributed by atoms with E-state index in [1.54, 1.807) is 42.7 Å². The van der Waals surface area contributed by atoms with Gasteiger partial charge in [0.25, 0.3) is 21.9 Å². The molecule has 452 valence electrons. The second-order valence-corrected chi connectivity index (χ2v) is 27.3. The number of pyridine rings is 2. The number of carbonyl (C=O) groups excluding carboxylic acids is 4. The summed E-state index contributed by atoms with van der Waals surface area (Å²) < 4.78 is 48.9. The molecule has 0 bridgehead atoms. The number of imidazole rings is 2. The number of amides is 2. The zero-order valence-electron chi connectivity index (χ0n) is 50.3. The van der Waals surface area contributed by atoms with Crippen molar-refractivity contribution < 1.29 is 41.3 Å². The van der Waals surface area contributed by atoms with Gasteiger partial charge in [0.1, 0.15) is 22.5 Å². The molecule has 2 aliphatic heterocycles. The van der Waals surface area contributed by atoms with E-state index in [0.717, 1.165) is 81.0 Å². The molecule has 4 aliphatic rings. The molecule has 0 radical (unpaired) electrons. The van der Waals surface area contributed by atoms with Crippen LogP contribution in [0, 0.1) is 23.7 Å². The summed E-state index contributed by atoms with van der Waals surface area (Å²) >= 11 is 0. The molecule has 6 aromatic heterocycles. The van der Waals surface area contributed by atoms with Gasteiger partial charge < -0.3 is 37.5 Å². The first kappa shape index (κ1) is 59.6. The number of esters is 2. The zero-order chi connectivity index (χ0) is 61.0. The minimum Gasteiger partial charge on any atom is -0.460 e. The SMILES string of the molecule is Cn1c(-c2cc3cccnc3n2CC2CC2)nc2cc(C(=O)N3CC[C@@H](N=[N+]=[N-])[C@@H](CC(=O)OC(C)(C)C)C3)ccc21.Cn1c(-c2cc3cccnc3n2CC2CC2)nc2cc(C(=O)N3CC[C@H](OS(C)(=O)=O)[C@@H](CC(=O)OC(C)(C)C)C3)ccc21. The number of nitrogens with zero attached hydrogens (tertiary/aromatic N) is 13. The largest absolute Gasteiger partial charge is 0.460 e. The minimum absolute atomic E-state index is 0.0619. The second kappa shape index (κ2) is 23.6. The highest BCUT2D eigenvalue weighted by atomic mass is 32.2. The van der Waals surface area contributed by atoms with Crippen molar-refractivity contribution in [2.75, 3.05) is 32.4 Å². The summed E-state index contributed by atoms with van der Waals surface area (Å²) in [6.07, 6.45) is 9.61. The topological polar surface area (TPSA) is 257 Å². The van der Waals surface area contributed by atoms with Gasteiger partial charge in [-0.05, 0) is 176 Å². The van der Waals surface area contributed by atoms with E-state index in [9.17, 15) is 27.6 Å². The fourth-order valence-electron chi connectivity index (χ4n) is 12.1. The van der Waals surface area contributed by atoms with E-state index in [1.807, 2.05) is 88.2 Å². The number of ether oxygens (including phenoxy) is 2. The fourth-order valence-corrected chi connectivity index (χ4v) is 12.8. The Kier molecular flexibility index (Phi) is 16.4. The number of aryl methyl sites for hydroxylation is 2. The lowest BCUT2D eigenvalue weighted by Gasteiger charge is -2.37. The molecule has 0 spiro atoms. The van der Waals surface area contributed by atoms with Crippen LogP contribution in [0.4, 0.5) is 0 Å². The highest BCUT2D eigenvalue weighted by molar-refractivity contribution is 7.86. The summed E-state index contributed by atoms with van der Waals surface area (Å²) in [7, 11) is 0.226. The highest BCUT2D eigenvalue weighted by Crippen LogP contribution is 2.39. The third-order valence-corrected chi connectivity index (χ3v) is 17.0. The summed E-state index contributed by atoms with van der Waals surface area (Å²) in [6.45, 7) is 13.8. The van der Waals surface area contributed by atoms with Gasteiger partial charge in [-0.3, -0.25) is 23.4 Å². The second-order valence-electron chi connectivity index (χ2n) is 25.7. The molecule has 86 heavy (non-hydrogen) atoms. The van der Waals surface area contributed by atoms with Crippen LogP contribution in [-0.2, 0) is 60.5 Å². The van der Waals surface area contributed by atoms with Crippen molar-refractivity contribution in [2.24, 2.45) is 42.9 Å². The summed E-state index contributed by atoms with van der Waals surface area (Å²) in [5, 5.41) is 6.07. The van der Waals surface area contributed by atoms with Gasteiger partial charge in [-0.25, -0.2) is 19.9 Å². The first-order valence-electron chi connectivity index (χ1n) is 29.6. The predicted molar refractivity (Wildman–Crippen MR) is 326 cm³/mol. The molecule has 12 rings (SSSR count). The van der Waals surface area contributed by atoms with Gasteiger partial charge in [0.2, 0.25) is 0 Å². The molecule has 2 saturated carbocycles. The zero-order valence-corrected chi connectivity index (χ0v) is 51.2. The Morgan fingerprint density at radius 1 is 0.640 bits per heavy atom. The molecular weight excluding hydrogens is 1110 g/mol. The Labute approximate surface area is 499 Å². The third-order valence-electron chi connectivity index (χ3n) is 16.4. The number of hydrogen-bond acceptors (Lipinski definition) is 14. The van der Waals surface area contributed by atoms with Crippen LogP contribution in [0.15, 0.2) is 90.3 Å². The predicted octanol–water partition coefficient (Wildman–Crippen LogP) is 10.4. The van der Waals surface area contributed by atoms with Crippen molar-refractivity contribution in [3.8, 4) is 23.0 Å². The number of likely N-dealkylation sites (tertiary alicyclic amines) is 2. The van der Waals surface area contributed by atoms with Crippen LogP contribution in [-0.4, -0.2) is 136 Å². The van der Waals surface area contributed by atoms with Gasteiger partial charge in [-0.1, -0.05) is 5.11 Å². The number of azide groups is 1. The normalized spacial score (nSPS) is 19.4. The molecule has 8 heterocycles. The van der Waals surface area contributed by atoms with E-state index in [0.29, 0.717) is 54.5 Å². The molecule has 22 nitrogen and oxygen atoms in total. The number of hydrogen-bond donors (Lipinski definition) is 0. The van der Waals surface area contributed by atoms with Crippen LogP contribution in [0.2, 0.25) is 0 Å². The molecule has 2 amide bonds. The van der Waals surface area contributed by atoms with Gasteiger partial charge in [0.05, 0.1) is 58.7 Å². The van der Waals surface area contributed by atoms with Gasteiger partial charge >= 0.3 is 11.9 Å². The first-order chi connectivity index (χ1) is 40.9. The quantitative estimate of drug-likeness (QED) is 0.0305. The van der Waals surface area contributed by atoms with Crippen molar-refractivity contribution in [3.05, 3.63) is 107 Å². The molecule has 2 aliphatic carbocycles. The summed E-state index contributed by atoms with van der Waals surface area (Å²) in [6, 6.07) is 23.1. The van der Waals surface area contributed by atoms with Crippen molar-refractivity contribution >= 4 is 78.0 Å². The van der Waals surface area contributed by atoms with Crippen LogP contribution in [0.5, 0.6) is 0 Å². The minimum atomic E-state index is -3.75. The first-order valence-corrected chi connectivity index (χ1v) is 31.5. The maximum Gasteiger partial charge on any atom is 0.306 e. The molecular formula is C63H75N13O9S. The number of piperidine rings is 2. The van der Waals surface area contributed by atoms with Crippen molar-refractivity contribution in [1.29, 1.82) is 0 Å². The summed E-state index contributed by atoms with van der Waals surface area (Å²) in [5.74, 6) is 0.930. The van der Waals surface area contributed by atoms with E-state index < -0.39 is 39.3 Å². The number of rotatable bonds is 15. The summed E-state index contributed by atoms with van der Waals surface area (Å²) in [5.41, 5.74) is 16.0. The number of aromatic nitrogens is 8. The molecule has 0 unspecified atom stereocenters. The van der Waals surface area contributed by atoms with E-state index in [1.165, 1.54) is 25.7 Å². The molecule has 2 aromatic carbocycles. The maximum atomic E-state index is 13.8. The highest BCUT2D eigenvalue weighted by Gasteiger charge is 2.38. The van der Waals surface area contributed by atoms with E-state index in [4.69, 9.17) is 29.2 Å². The monoisotopic (exact) mass is 1190 g/mol. The molecule has 0 N–H and O–H groups in total. The molecule has 2 saturated heterocycles. The molecule has 4 fully saturated rings. The van der Waals surface area contributed by atoms with Crippen LogP contribution < -0.4 is 0 Å². The van der Waals surface area contributed by atoms with Crippen molar-refractivity contribution in [2.45, 2.75) is 129 Å². The Hall–Kier alpha value is -8.14. The Balaban J connectivity index is 0.000000179. The molecule has 23 heteroatoms. The van der Waals surface area contributed by atoms with Gasteiger partial charge in [-0.15, -0.1) is 0 Å². The van der Waals surface area contributed by atoms with E-state index in [2.05, 4.69) is 58.0 Å². The number of carbonyl (C=O) groups is 4. The Bertz CT molecular complexity index is 4100. The molecule has 4 atom stereocenters. The smallest absolute Gasteiger partial charge is 0.306 e. The average Bonchev–Trinajstić information content (AvgIpc) is 1.86. The van der Waals surface area contributed by atoms with Crippen LogP contribution in [0.25, 0.3) is 77.6 Å². The van der Waals surface area contributed by atoms with Crippen molar-refractivity contribution in [3.63, 3.8) is 0 Å². The standard InChI is InChI=1S/C32H39N5O6S.C31H36N8O3/c1-32(2,3)42-28(38)17-23-19-36(14-12-27(23)43-44(5,40)41)31(39)22-10-11-25-24(15-22)34-30(35(25)4)26-16-21-7-6-13-33-29(21)37(26)18-20-8-9-20;1-31(2,3)42-27(40)16-22-18-38(13-11-23(22)35-36-32)30(41)21-9-10-25-24(14-21)34-29(37(25)4)26-15-20-6-5-12-33-28(20)39(26)17-19-7-8-19/h6-7,10-11,13,15-16,20,23,27H,8-9,12,14,17-19H2,1-5H3;5-6,9-10,12,14-15,19,22-23H,7-8,11,13,16-18H2,1-4H3/t23-,27-;22-,23+/m00/s1. The lowest BCUT2D eigenvalue weighted by molar-refractivity contribution is -0.158. The summed E-state index contributed by atoms with van der Waals surface area (Å²) in [4.78, 5) is 78.4. The molecule has 8 aromatic rings. The number of fused-ring (bicyclic) bond motifs is 4. The van der Waals surface area contributed by atoms with Crippen LogP contribution >= 0.6 is 0 Å². The lowest BCUT2D eigenvalue weighted by atomic mass is 9.89. The van der Waals surface area contributed by atoms with Gasteiger partial charge in [0.15, 0.2) is 11.6 Å². The van der Waals surface area contributed by atoms with Crippen molar-refractivity contribution in [1.82, 2.24) is 48.0 Å². The Morgan fingerprint density at radius 2 is 1.09 bits per heavy atom.